The number of aromatic nitrogens is 3. The summed E-state index contributed by atoms with van der Waals surface area (Å²) in [6.07, 6.45) is 5.98. The number of pyridine rings is 3. The standard InChI is InChI=1S/C17H17FN4/c1-3-13(12-6-4-8-19-10-12)22-17-15(18)11(2)21-14-7-5-9-20-16(14)17/h4-10,13H,3H2,1-2H3,(H,21,22). The number of anilines is 1. The van der Waals surface area contributed by atoms with E-state index in [1.54, 1.807) is 31.6 Å². The zero-order chi connectivity index (χ0) is 15.5. The highest BCUT2D eigenvalue weighted by Gasteiger charge is 2.17. The van der Waals surface area contributed by atoms with Crippen molar-refractivity contribution in [3.05, 3.63) is 59.9 Å². The molecule has 1 unspecified atom stereocenters. The molecular formula is C17H17FN4. The van der Waals surface area contributed by atoms with Crippen molar-refractivity contribution in [2.45, 2.75) is 26.3 Å². The zero-order valence-corrected chi connectivity index (χ0v) is 12.5. The highest BCUT2D eigenvalue weighted by atomic mass is 19.1. The van der Waals surface area contributed by atoms with Gasteiger partial charge in [-0.1, -0.05) is 13.0 Å². The molecule has 0 saturated carbocycles. The number of rotatable bonds is 4. The summed E-state index contributed by atoms with van der Waals surface area (Å²) in [6, 6.07) is 7.47. The summed E-state index contributed by atoms with van der Waals surface area (Å²) in [5, 5.41) is 3.28. The van der Waals surface area contributed by atoms with Crippen LogP contribution in [0.25, 0.3) is 11.0 Å². The van der Waals surface area contributed by atoms with E-state index in [2.05, 4.69) is 20.3 Å². The molecule has 5 heteroatoms. The van der Waals surface area contributed by atoms with E-state index < -0.39 is 0 Å². The average molecular weight is 296 g/mol. The molecule has 0 aliphatic heterocycles. The van der Waals surface area contributed by atoms with Gasteiger partial charge in [-0.05, 0) is 37.1 Å². The van der Waals surface area contributed by atoms with Crippen molar-refractivity contribution in [2.75, 3.05) is 5.32 Å². The van der Waals surface area contributed by atoms with E-state index in [9.17, 15) is 4.39 Å². The van der Waals surface area contributed by atoms with Gasteiger partial charge in [-0.2, -0.15) is 0 Å². The van der Waals surface area contributed by atoms with Crippen LogP contribution in [-0.4, -0.2) is 15.0 Å². The van der Waals surface area contributed by atoms with Crippen molar-refractivity contribution in [3.63, 3.8) is 0 Å². The normalized spacial score (nSPS) is 12.3. The molecule has 0 amide bonds. The topological polar surface area (TPSA) is 50.7 Å². The molecule has 0 saturated heterocycles. The van der Waals surface area contributed by atoms with Gasteiger partial charge in [0.05, 0.1) is 17.3 Å². The summed E-state index contributed by atoms with van der Waals surface area (Å²) in [6.45, 7) is 3.71. The van der Waals surface area contributed by atoms with Crippen LogP contribution >= 0.6 is 0 Å². The molecule has 0 spiro atoms. The minimum Gasteiger partial charge on any atom is -0.374 e. The third-order valence-electron chi connectivity index (χ3n) is 3.66. The molecule has 4 nitrogen and oxygen atoms in total. The zero-order valence-electron chi connectivity index (χ0n) is 12.5. The SMILES string of the molecule is CCC(Nc1c(F)c(C)nc2cccnc12)c1cccnc1. The van der Waals surface area contributed by atoms with E-state index in [0.717, 1.165) is 12.0 Å². The number of halogens is 1. The van der Waals surface area contributed by atoms with Crippen LogP contribution in [0.1, 0.15) is 30.6 Å². The van der Waals surface area contributed by atoms with Gasteiger partial charge in [0.25, 0.3) is 0 Å². The Morgan fingerprint density at radius 1 is 1.23 bits per heavy atom. The number of nitrogens with zero attached hydrogens (tertiary/aromatic N) is 3. The molecule has 0 bridgehead atoms. The first-order valence-electron chi connectivity index (χ1n) is 7.28. The second kappa shape index (κ2) is 6.05. The lowest BCUT2D eigenvalue weighted by atomic mass is 10.1. The molecule has 0 radical (unpaired) electrons. The highest BCUT2D eigenvalue weighted by molar-refractivity contribution is 5.88. The van der Waals surface area contributed by atoms with Gasteiger partial charge in [-0.3, -0.25) is 9.97 Å². The second-order valence-electron chi connectivity index (χ2n) is 5.15. The van der Waals surface area contributed by atoms with Gasteiger partial charge in [0.1, 0.15) is 11.2 Å². The van der Waals surface area contributed by atoms with Crippen LogP contribution in [0.15, 0.2) is 42.9 Å². The lowest BCUT2D eigenvalue weighted by Gasteiger charge is -2.20. The third kappa shape index (κ3) is 2.62. The van der Waals surface area contributed by atoms with E-state index >= 15 is 0 Å². The van der Waals surface area contributed by atoms with Gasteiger partial charge in [0, 0.05) is 18.6 Å². The lowest BCUT2D eigenvalue weighted by molar-refractivity contribution is 0.609. The minimum absolute atomic E-state index is 0.0322. The number of hydrogen-bond acceptors (Lipinski definition) is 4. The predicted octanol–water partition coefficient (Wildman–Crippen LogP) is 4.04. The van der Waals surface area contributed by atoms with E-state index in [1.807, 2.05) is 25.1 Å². The molecule has 22 heavy (non-hydrogen) atoms. The summed E-state index contributed by atoms with van der Waals surface area (Å²) in [7, 11) is 0. The lowest BCUT2D eigenvalue weighted by Crippen LogP contribution is -2.13. The predicted molar refractivity (Wildman–Crippen MR) is 85.1 cm³/mol. The summed E-state index contributed by atoms with van der Waals surface area (Å²) in [5.41, 5.74) is 3.02. The molecule has 0 aliphatic rings. The Kier molecular flexibility index (Phi) is 3.96. The average Bonchev–Trinajstić information content (AvgIpc) is 2.56. The molecule has 0 fully saturated rings. The fourth-order valence-corrected chi connectivity index (χ4v) is 2.50. The first-order valence-corrected chi connectivity index (χ1v) is 7.28. The van der Waals surface area contributed by atoms with Crippen molar-refractivity contribution in [3.8, 4) is 0 Å². The molecular weight excluding hydrogens is 279 g/mol. The molecule has 1 atom stereocenters. The maximum atomic E-state index is 14.6. The van der Waals surface area contributed by atoms with Gasteiger partial charge in [-0.15, -0.1) is 0 Å². The quantitative estimate of drug-likeness (QED) is 0.789. The molecule has 1 N–H and O–H groups in total. The van der Waals surface area contributed by atoms with Crippen molar-refractivity contribution >= 4 is 16.7 Å². The largest absolute Gasteiger partial charge is 0.374 e. The van der Waals surface area contributed by atoms with Gasteiger partial charge in [0.2, 0.25) is 0 Å². The van der Waals surface area contributed by atoms with Crippen LogP contribution in [0, 0.1) is 12.7 Å². The van der Waals surface area contributed by atoms with Gasteiger partial charge in [-0.25, -0.2) is 9.37 Å². The summed E-state index contributed by atoms with van der Waals surface area (Å²) in [5.74, 6) is -0.353. The number of fused-ring (bicyclic) bond motifs is 1. The molecule has 3 rings (SSSR count). The number of hydrogen-bond donors (Lipinski definition) is 1. The van der Waals surface area contributed by atoms with Crippen LogP contribution in [-0.2, 0) is 0 Å². The van der Waals surface area contributed by atoms with E-state index in [1.165, 1.54) is 0 Å². The Morgan fingerprint density at radius 3 is 2.77 bits per heavy atom. The smallest absolute Gasteiger partial charge is 0.169 e. The van der Waals surface area contributed by atoms with E-state index in [-0.39, 0.29) is 11.9 Å². The monoisotopic (exact) mass is 296 g/mol. The van der Waals surface area contributed by atoms with Crippen LogP contribution in [0.2, 0.25) is 0 Å². The summed E-state index contributed by atoms with van der Waals surface area (Å²) < 4.78 is 14.6. The molecule has 0 aliphatic carbocycles. The van der Waals surface area contributed by atoms with Crippen LogP contribution in [0.3, 0.4) is 0 Å². The molecule has 3 aromatic heterocycles. The molecule has 0 aromatic carbocycles. The van der Waals surface area contributed by atoms with E-state index in [0.29, 0.717) is 22.4 Å². The fraction of sp³-hybridized carbons (Fsp3) is 0.235. The first kappa shape index (κ1) is 14.4. The summed E-state index contributed by atoms with van der Waals surface area (Å²) in [4.78, 5) is 12.7. The third-order valence-corrected chi connectivity index (χ3v) is 3.66. The molecule has 3 aromatic rings. The Bertz CT molecular complexity index is 789. The van der Waals surface area contributed by atoms with Gasteiger partial charge >= 0.3 is 0 Å². The Hall–Kier alpha value is -2.56. The second-order valence-corrected chi connectivity index (χ2v) is 5.15. The molecule has 3 heterocycles. The Labute approximate surface area is 128 Å². The maximum absolute atomic E-state index is 14.6. The number of aryl methyl sites for hydroxylation is 1. The minimum atomic E-state index is -0.353. The van der Waals surface area contributed by atoms with Crippen molar-refractivity contribution < 1.29 is 4.39 Å². The van der Waals surface area contributed by atoms with Crippen LogP contribution in [0.5, 0.6) is 0 Å². The van der Waals surface area contributed by atoms with Crippen molar-refractivity contribution in [2.24, 2.45) is 0 Å². The van der Waals surface area contributed by atoms with Crippen molar-refractivity contribution in [1.82, 2.24) is 15.0 Å². The Morgan fingerprint density at radius 2 is 2.05 bits per heavy atom. The maximum Gasteiger partial charge on any atom is 0.169 e. The van der Waals surface area contributed by atoms with E-state index in [4.69, 9.17) is 0 Å². The molecule has 112 valence electrons. The van der Waals surface area contributed by atoms with Crippen molar-refractivity contribution in [1.29, 1.82) is 0 Å². The van der Waals surface area contributed by atoms with Crippen LogP contribution < -0.4 is 5.32 Å². The Balaban J connectivity index is 2.08. The fourth-order valence-electron chi connectivity index (χ4n) is 2.50. The van der Waals surface area contributed by atoms with Gasteiger partial charge < -0.3 is 5.32 Å². The summed E-state index contributed by atoms with van der Waals surface area (Å²) >= 11 is 0. The number of nitrogens with one attached hydrogen (secondary N) is 1. The van der Waals surface area contributed by atoms with Gasteiger partial charge in [0.15, 0.2) is 5.82 Å². The highest BCUT2D eigenvalue weighted by Crippen LogP contribution is 2.30. The van der Waals surface area contributed by atoms with Crippen LogP contribution in [0.4, 0.5) is 10.1 Å². The first-order chi connectivity index (χ1) is 10.7.